The lowest BCUT2D eigenvalue weighted by Gasteiger charge is -2.32. The number of nitrogens with one attached hydrogen (secondary N) is 2. The Kier molecular flexibility index (Phi) is 6.71. The Bertz CT molecular complexity index is 737. The fourth-order valence-electron chi connectivity index (χ4n) is 3.43. The average molecular weight is 367 g/mol. The number of carbonyl (C=O) groups excluding carboxylic acids is 1. The molecule has 1 fully saturated rings. The number of methoxy groups -OCH3 is 1. The van der Waals surface area contributed by atoms with Crippen LogP contribution in [-0.2, 0) is 13.1 Å². The highest BCUT2D eigenvalue weighted by Crippen LogP contribution is 2.16. The van der Waals surface area contributed by atoms with E-state index in [-0.39, 0.29) is 12.1 Å². The molecule has 0 unspecified atom stereocenters. The van der Waals surface area contributed by atoms with E-state index in [2.05, 4.69) is 46.7 Å². The Morgan fingerprint density at radius 1 is 1.11 bits per heavy atom. The number of aryl methyl sites for hydroxylation is 1. The number of carbonyl (C=O) groups is 1. The number of rotatable bonds is 6. The Hall–Kier alpha value is -2.53. The molecule has 5 heteroatoms. The molecule has 0 atom stereocenters. The Balaban J connectivity index is 1.38. The van der Waals surface area contributed by atoms with Crippen LogP contribution in [-0.4, -0.2) is 37.2 Å². The van der Waals surface area contributed by atoms with Crippen LogP contribution in [0.25, 0.3) is 0 Å². The van der Waals surface area contributed by atoms with Crippen LogP contribution in [0.2, 0.25) is 0 Å². The quantitative estimate of drug-likeness (QED) is 0.822. The molecule has 0 spiro atoms. The first-order valence-electron chi connectivity index (χ1n) is 9.58. The number of likely N-dealkylation sites (tertiary alicyclic amines) is 1. The fraction of sp³-hybridized carbons (Fsp3) is 0.409. The van der Waals surface area contributed by atoms with Crippen molar-refractivity contribution in [3.05, 3.63) is 65.2 Å². The molecule has 144 valence electrons. The highest BCUT2D eigenvalue weighted by atomic mass is 16.5. The minimum atomic E-state index is -0.0943. The van der Waals surface area contributed by atoms with Crippen LogP contribution >= 0.6 is 0 Å². The van der Waals surface area contributed by atoms with Crippen LogP contribution in [0.1, 0.15) is 29.5 Å². The van der Waals surface area contributed by atoms with Crippen molar-refractivity contribution in [2.45, 2.75) is 38.9 Å². The van der Waals surface area contributed by atoms with Gasteiger partial charge >= 0.3 is 6.03 Å². The van der Waals surface area contributed by atoms with Gasteiger partial charge in [0.1, 0.15) is 5.75 Å². The Morgan fingerprint density at radius 2 is 1.81 bits per heavy atom. The minimum Gasteiger partial charge on any atom is -0.497 e. The summed E-state index contributed by atoms with van der Waals surface area (Å²) in [4.78, 5) is 14.6. The summed E-state index contributed by atoms with van der Waals surface area (Å²) in [6, 6.07) is 16.4. The van der Waals surface area contributed by atoms with Crippen LogP contribution in [0.4, 0.5) is 4.79 Å². The summed E-state index contributed by atoms with van der Waals surface area (Å²) in [5.74, 6) is 0.820. The lowest BCUT2D eigenvalue weighted by molar-refractivity contribution is 0.186. The van der Waals surface area contributed by atoms with E-state index in [4.69, 9.17) is 4.74 Å². The number of hydrogen-bond donors (Lipinski definition) is 2. The van der Waals surface area contributed by atoms with Gasteiger partial charge in [0.15, 0.2) is 0 Å². The summed E-state index contributed by atoms with van der Waals surface area (Å²) in [6.45, 7) is 5.69. The second-order valence-corrected chi connectivity index (χ2v) is 7.15. The zero-order valence-corrected chi connectivity index (χ0v) is 16.2. The molecule has 0 bridgehead atoms. The van der Waals surface area contributed by atoms with E-state index < -0.39 is 0 Å². The van der Waals surface area contributed by atoms with Gasteiger partial charge in [0.25, 0.3) is 0 Å². The minimum absolute atomic E-state index is 0.0943. The van der Waals surface area contributed by atoms with Crippen LogP contribution in [0, 0.1) is 6.92 Å². The Morgan fingerprint density at radius 3 is 2.48 bits per heavy atom. The second-order valence-electron chi connectivity index (χ2n) is 7.15. The Labute approximate surface area is 161 Å². The predicted octanol–water partition coefficient (Wildman–Crippen LogP) is 3.47. The maximum atomic E-state index is 12.2. The molecule has 2 amide bonds. The summed E-state index contributed by atoms with van der Waals surface area (Å²) in [7, 11) is 1.65. The molecule has 2 aromatic rings. The third-order valence-corrected chi connectivity index (χ3v) is 5.19. The van der Waals surface area contributed by atoms with Gasteiger partial charge in [-0.25, -0.2) is 4.79 Å². The monoisotopic (exact) mass is 367 g/mol. The van der Waals surface area contributed by atoms with Crippen molar-refractivity contribution < 1.29 is 9.53 Å². The molecule has 0 radical (unpaired) electrons. The van der Waals surface area contributed by atoms with E-state index in [1.165, 1.54) is 11.1 Å². The number of ether oxygens (including phenoxy) is 1. The van der Waals surface area contributed by atoms with E-state index in [0.717, 1.165) is 43.8 Å². The van der Waals surface area contributed by atoms with E-state index in [1.54, 1.807) is 7.11 Å². The van der Waals surface area contributed by atoms with Gasteiger partial charge in [-0.3, -0.25) is 4.90 Å². The first-order chi connectivity index (χ1) is 13.1. The average Bonchev–Trinajstić information content (AvgIpc) is 2.70. The number of amides is 2. The van der Waals surface area contributed by atoms with E-state index in [1.807, 2.05) is 24.3 Å². The lowest BCUT2D eigenvalue weighted by Crippen LogP contribution is -2.47. The van der Waals surface area contributed by atoms with Gasteiger partial charge in [0.2, 0.25) is 0 Å². The van der Waals surface area contributed by atoms with Crippen molar-refractivity contribution >= 4 is 6.03 Å². The zero-order chi connectivity index (χ0) is 19.1. The molecule has 0 aromatic heterocycles. The number of piperidine rings is 1. The molecule has 2 aromatic carbocycles. The van der Waals surface area contributed by atoms with E-state index in [9.17, 15) is 4.79 Å². The molecule has 27 heavy (non-hydrogen) atoms. The van der Waals surface area contributed by atoms with Crippen molar-refractivity contribution in [2.75, 3.05) is 20.2 Å². The van der Waals surface area contributed by atoms with Gasteiger partial charge < -0.3 is 15.4 Å². The van der Waals surface area contributed by atoms with E-state index in [0.29, 0.717) is 6.54 Å². The fourth-order valence-corrected chi connectivity index (χ4v) is 3.43. The van der Waals surface area contributed by atoms with Gasteiger partial charge in [-0.15, -0.1) is 0 Å². The normalized spacial score (nSPS) is 15.3. The van der Waals surface area contributed by atoms with Gasteiger partial charge in [0.05, 0.1) is 7.11 Å². The molecule has 1 saturated heterocycles. The molecule has 1 aliphatic heterocycles. The van der Waals surface area contributed by atoms with Gasteiger partial charge in [0, 0.05) is 32.2 Å². The molecule has 0 aliphatic carbocycles. The molecule has 1 aliphatic rings. The van der Waals surface area contributed by atoms with Crippen LogP contribution in [0.15, 0.2) is 48.5 Å². The predicted molar refractivity (Wildman–Crippen MR) is 108 cm³/mol. The number of hydrogen-bond acceptors (Lipinski definition) is 3. The smallest absolute Gasteiger partial charge is 0.315 e. The molecule has 3 rings (SSSR count). The number of benzene rings is 2. The van der Waals surface area contributed by atoms with Crippen molar-refractivity contribution in [2.24, 2.45) is 0 Å². The van der Waals surface area contributed by atoms with Gasteiger partial charge in [-0.1, -0.05) is 36.4 Å². The van der Waals surface area contributed by atoms with Gasteiger partial charge in [-0.2, -0.15) is 0 Å². The van der Waals surface area contributed by atoms with E-state index >= 15 is 0 Å². The largest absolute Gasteiger partial charge is 0.497 e. The first kappa shape index (κ1) is 19.2. The molecule has 1 heterocycles. The first-order valence-corrected chi connectivity index (χ1v) is 9.58. The number of urea groups is 1. The standard InChI is InChI=1S/C22H29N3O2/c1-17-5-3-4-6-19(17)16-25-13-11-20(12-14-25)24-22(26)23-15-18-7-9-21(27-2)10-8-18/h3-10,20H,11-16H2,1-2H3,(H2,23,24,26). The topological polar surface area (TPSA) is 53.6 Å². The van der Waals surface area contributed by atoms with Crippen molar-refractivity contribution in [3.63, 3.8) is 0 Å². The highest BCUT2D eigenvalue weighted by molar-refractivity contribution is 5.74. The highest BCUT2D eigenvalue weighted by Gasteiger charge is 2.20. The third-order valence-electron chi connectivity index (χ3n) is 5.19. The molecular weight excluding hydrogens is 338 g/mol. The van der Waals surface area contributed by atoms with Crippen LogP contribution in [0.5, 0.6) is 5.75 Å². The maximum absolute atomic E-state index is 12.2. The summed E-state index contributed by atoms with van der Waals surface area (Å²) < 4.78 is 5.14. The maximum Gasteiger partial charge on any atom is 0.315 e. The SMILES string of the molecule is COc1ccc(CNC(=O)NC2CCN(Cc3ccccc3C)CC2)cc1. The van der Waals surface area contributed by atoms with Crippen LogP contribution in [0.3, 0.4) is 0 Å². The third kappa shape index (κ3) is 5.73. The van der Waals surface area contributed by atoms with Crippen molar-refractivity contribution in [1.82, 2.24) is 15.5 Å². The molecule has 0 saturated carbocycles. The molecular formula is C22H29N3O2. The second kappa shape index (κ2) is 9.42. The van der Waals surface area contributed by atoms with Crippen molar-refractivity contribution in [1.29, 1.82) is 0 Å². The summed E-state index contributed by atoms with van der Waals surface area (Å²) >= 11 is 0. The molecule has 5 nitrogen and oxygen atoms in total. The van der Waals surface area contributed by atoms with Gasteiger partial charge in [-0.05, 0) is 48.6 Å². The summed E-state index contributed by atoms with van der Waals surface area (Å²) in [5, 5.41) is 6.04. The van der Waals surface area contributed by atoms with Crippen molar-refractivity contribution in [3.8, 4) is 5.75 Å². The number of nitrogens with zero attached hydrogens (tertiary/aromatic N) is 1. The molecule has 2 N–H and O–H groups in total. The zero-order valence-electron chi connectivity index (χ0n) is 16.2. The lowest BCUT2D eigenvalue weighted by atomic mass is 10.0. The van der Waals surface area contributed by atoms with Crippen LogP contribution < -0.4 is 15.4 Å². The summed E-state index contributed by atoms with van der Waals surface area (Å²) in [6.07, 6.45) is 1.98. The summed E-state index contributed by atoms with van der Waals surface area (Å²) in [5.41, 5.74) is 3.79.